The summed E-state index contributed by atoms with van der Waals surface area (Å²) in [6.07, 6.45) is -1.04. The molecule has 0 rings (SSSR count). The molecule has 0 bridgehead atoms. The lowest BCUT2D eigenvalue weighted by Gasteiger charge is -2.13. The first kappa shape index (κ1) is 13.0. The zero-order valence-electron chi connectivity index (χ0n) is 7.11. The van der Waals surface area contributed by atoms with Crippen LogP contribution in [0.1, 0.15) is 12.8 Å². The second kappa shape index (κ2) is 6.43. The lowest BCUT2D eigenvalue weighted by atomic mass is 10.3. The Labute approximate surface area is 84.1 Å². The van der Waals surface area contributed by atoms with Gasteiger partial charge < -0.3 is 4.74 Å². The van der Waals surface area contributed by atoms with Crippen LogP contribution >= 0.6 is 15.9 Å². The van der Waals surface area contributed by atoms with E-state index < -0.39 is 11.0 Å². The molecule has 5 heteroatoms. The molecular formula is C8H12BrF3O. The van der Waals surface area contributed by atoms with Gasteiger partial charge in [-0.3, -0.25) is 0 Å². The number of unbranched alkanes of at least 4 members (excludes halogenated alkanes) is 1. The molecule has 0 aliphatic heterocycles. The number of halogens is 4. The fraction of sp³-hybridized carbons (Fsp3) is 0.750. The van der Waals surface area contributed by atoms with E-state index in [1.54, 1.807) is 6.08 Å². The van der Waals surface area contributed by atoms with Crippen molar-refractivity contribution in [1.29, 1.82) is 0 Å². The fourth-order valence-electron chi connectivity index (χ4n) is 0.611. The molecule has 0 radical (unpaired) electrons. The summed E-state index contributed by atoms with van der Waals surface area (Å²) >= 11 is 2.50. The Hall–Kier alpha value is -0.0300. The first-order valence-corrected chi connectivity index (χ1v) is 4.79. The van der Waals surface area contributed by atoms with E-state index in [0.717, 1.165) is 6.42 Å². The maximum Gasteiger partial charge on any atom is 0.403 e. The third kappa shape index (κ3) is 7.07. The molecule has 1 nitrogen and oxygen atoms in total. The standard InChI is InChI=1S/C8H12BrF3O/c1-2-3-4-5-13-6-7(9)8(10,11)12/h2,7H,1,3-6H2. The second-order valence-corrected chi connectivity index (χ2v) is 3.62. The number of ether oxygens (including phenoxy) is 1. The third-order valence-corrected chi connectivity index (χ3v) is 2.10. The smallest absolute Gasteiger partial charge is 0.380 e. The molecule has 78 valence electrons. The van der Waals surface area contributed by atoms with E-state index in [4.69, 9.17) is 4.74 Å². The van der Waals surface area contributed by atoms with Crippen LogP contribution in [0.15, 0.2) is 12.7 Å². The molecule has 1 atom stereocenters. The minimum absolute atomic E-state index is 0.333. The van der Waals surface area contributed by atoms with E-state index in [1.165, 1.54) is 0 Å². The Bertz CT molecular complexity index is 147. The highest BCUT2D eigenvalue weighted by atomic mass is 79.9. The number of alkyl halides is 4. The first-order chi connectivity index (χ1) is 5.98. The number of allylic oxidation sites excluding steroid dienone is 1. The summed E-state index contributed by atoms with van der Waals surface area (Å²) in [5, 5.41) is 0. The van der Waals surface area contributed by atoms with Crippen molar-refractivity contribution in [3.05, 3.63) is 12.7 Å². The van der Waals surface area contributed by atoms with Gasteiger partial charge in [-0.15, -0.1) is 6.58 Å². The topological polar surface area (TPSA) is 9.23 Å². The Morgan fingerprint density at radius 1 is 1.46 bits per heavy atom. The maximum absolute atomic E-state index is 11.9. The summed E-state index contributed by atoms with van der Waals surface area (Å²) in [5.74, 6) is 0. The highest BCUT2D eigenvalue weighted by Gasteiger charge is 2.37. The molecule has 13 heavy (non-hydrogen) atoms. The predicted octanol–water partition coefficient (Wildman–Crippen LogP) is 3.30. The van der Waals surface area contributed by atoms with Crippen LogP contribution in [-0.2, 0) is 4.74 Å². The zero-order chi connectivity index (χ0) is 10.3. The van der Waals surface area contributed by atoms with E-state index in [2.05, 4.69) is 22.5 Å². The summed E-state index contributed by atoms with van der Waals surface area (Å²) < 4.78 is 40.5. The van der Waals surface area contributed by atoms with E-state index in [0.29, 0.717) is 13.0 Å². The van der Waals surface area contributed by atoms with Crippen molar-refractivity contribution in [3.63, 3.8) is 0 Å². The van der Waals surface area contributed by atoms with Gasteiger partial charge in [0.25, 0.3) is 0 Å². The first-order valence-electron chi connectivity index (χ1n) is 3.88. The van der Waals surface area contributed by atoms with Crippen LogP contribution < -0.4 is 0 Å². The molecule has 0 aromatic heterocycles. The van der Waals surface area contributed by atoms with Crippen molar-refractivity contribution >= 4 is 15.9 Å². The lowest BCUT2D eigenvalue weighted by Crippen LogP contribution is -2.27. The quantitative estimate of drug-likeness (QED) is 0.405. The fourth-order valence-corrected chi connectivity index (χ4v) is 0.798. The van der Waals surface area contributed by atoms with Crippen molar-refractivity contribution in [3.8, 4) is 0 Å². The number of rotatable bonds is 6. The van der Waals surface area contributed by atoms with Gasteiger partial charge in [0.2, 0.25) is 0 Å². The molecule has 1 unspecified atom stereocenters. The summed E-state index contributed by atoms with van der Waals surface area (Å²) in [5.41, 5.74) is 0. The maximum atomic E-state index is 11.9. The van der Waals surface area contributed by atoms with Gasteiger partial charge in [-0.25, -0.2) is 0 Å². The summed E-state index contributed by atoms with van der Waals surface area (Å²) in [6, 6.07) is 0. The van der Waals surface area contributed by atoms with Gasteiger partial charge in [0.15, 0.2) is 0 Å². The molecule has 0 saturated heterocycles. The molecule has 0 aliphatic rings. The van der Waals surface area contributed by atoms with E-state index in [9.17, 15) is 13.2 Å². The van der Waals surface area contributed by atoms with E-state index in [-0.39, 0.29) is 6.61 Å². The zero-order valence-corrected chi connectivity index (χ0v) is 8.70. The van der Waals surface area contributed by atoms with Crippen LogP contribution in [0.2, 0.25) is 0 Å². The van der Waals surface area contributed by atoms with Gasteiger partial charge in [-0.2, -0.15) is 13.2 Å². The van der Waals surface area contributed by atoms with Crippen LogP contribution in [0, 0.1) is 0 Å². The number of hydrogen-bond donors (Lipinski definition) is 0. The van der Waals surface area contributed by atoms with E-state index in [1.807, 2.05) is 0 Å². The molecule has 0 amide bonds. The van der Waals surface area contributed by atoms with Gasteiger partial charge in [0, 0.05) is 6.61 Å². The van der Waals surface area contributed by atoms with Crippen molar-refractivity contribution in [2.45, 2.75) is 23.8 Å². The molecule has 0 heterocycles. The summed E-state index contributed by atoms with van der Waals surface area (Å²) in [6.45, 7) is 3.49. The monoisotopic (exact) mass is 260 g/mol. The molecule has 0 fully saturated rings. The van der Waals surface area contributed by atoms with Gasteiger partial charge in [-0.1, -0.05) is 22.0 Å². The van der Waals surface area contributed by atoms with Crippen LogP contribution in [0.4, 0.5) is 13.2 Å². The van der Waals surface area contributed by atoms with Gasteiger partial charge in [0.05, 0.1) is 6.61 Å². The van der Waals surface area contributed by atoms with Crippen LogP contribution in [0.5, 0.6) is 0 Å². The highest BCUT2D eigenvalue weighted by molar-refractivity contribution is 9.09. The van der Waals surface area contributed by atoms with Gasteiger partial charge in [0.1, 0.15) is 4.83 Å². The minimum atomic E-state index is -4.22. The number of hydrogen-bond acceptors (Lipinski definition) is 1. The molecule has 0 aliphatic carbocycles. The molecule has 0 saturated carbocycles. The largest absolute Gasteiger partial charge is 0.403 e. The summed E-state index contributed by atoms with van der Waals surface area (Å²) in [4.78, 5) is -1.57. The SMILES string of the molecule is C=CCCCOCC(Br)C(F)(F)F. The molecular weight excluding hydrogens is 249 g/mol. The Morgan fingerprint density at radius 3 is 2.54 bits per heavy atom. The van der Waals surface area contributed by atoms with Crippen molar-refractivity contribution in [2.24, 2.45) is 0 Å². The van der Waals surface area contributed by atoms with Crippen LogP contribution in [0.25, 0.3) is 0 Å². The molecule has 0 N–H and O–H groups in total. The average Bonchev–Trinajstić information content (AvgIpc) is 2.02. The second-order valence-electron chi connectivity index (χ2n) is 2.51. The van der Waals surface area contributed by atoms with Gasteiger partial charge in [-0.05, 0) is 12.8 Å². The molecule has 0 aromatic rings. The summed E-state index contributed by atoms with van der Waals surface area (Å²) in [7, 11) is 0. The molecule has 0 spiro atoms. The Morgan fingerprint density at radius 2 is 2.08 bits per heavy atom. The Kier molecular flexibility index (Phi) is 6.41. The Balaban J connectivity index is 3.37. The predicted molar refractivity (Wildman–Crippen MR) is 49.0 cm³/mol. The average molecular weight is 261 g/mol. The normalized spacial score (nSPS) is 14.2. The van der Waals surface area contributed by atoms with Crippen molar-refractivity contribution in [2.75, 3.05) is 13.2 Å². The lowest BCUT2D eigenvalue weighted by molar-refractivity contribution is -0.137. The third-order valence-electron chi connectivity index (χ3n) is 1.32. The molecule has 0 aromatic carbocycles. The van der Waals surface area contributed by atoms with Gasteiger partial charge >= 0.3 is 6.18 Å². The minimum Gasteiger partial charge on any atom is -0.380 e. The van der Waals surface area contributed by atoms with E-state index >= 15 is 0 Å². The van der Waals surface area contributed by atoms with Crippen molar-refractivity contribution in [1.82, 2.24) is 0 Å². The van der Waals surface area contributed by atoms with Crippen LogP contribution in [-0.4, -0.2) is 24.2 Å². The highest BCUT2D eigenvalue weighted by Crippen LogP contribution is 2.26. The van der Waals surface area contributed by atoms with Crippen molar-refractivity contribution < 1.29 is 17.9 Å². The van der Waals surface area contributed by atoms with Crippen LogP contribution in [0.3, 0.4) is 0 Å².